The van der Waals surface area contributed by atoms with Gasteiger partial charge in [-0.3, -0.25) is 9.59 Å². The predicted octanol–water partition coefficient (Wildman–Crippen LogP) is 0.878. The zero-order valence-electron chi connectivity index (χ0n) is 12.2. The maximum absolute atomic E-state index is 12.0. The number of benzene rings is 1. The number of nitrogens with one attached hydrogen (secondary N) is 2. The molecular weight excluding hydrogens is 260 g/mol. The summed E-state index contributed by atoms with van der Waals surface area (Å²) in [5.74, 6) is 0.817. The second kappa shape index (κ2) is 7.37. The summed E-state index contributed by atoms with van der Waals surface area (Å²) in [5.41, 5.74) is 1.29. The lowest BCUT2D eigenvalue weighted by Crippen LogP contribution is -2.33. The largest absolute Gasteiger partial charge is 0.496 e. The Morgan fingerprint density at radius 2 is 1.55 bits per heavy atom. The molecule has 1 aromatic carbocycles. The smallest absolute Gasteiger partial charge is 0.251 e. The predicted molar refractivity (Wildman–Crippen MR) is 75.3 cm³/mol. The zero-order valence-corrected chi connectivity index (χ0v) is 12.2. The lowest BCUT2D eigenvalue weighted by Gasteiger charge is -2.12. The van der Waals surface area contributed by atoms with E-state index in [0.717, 1.165) is 5.56 Å². The van der Waals surface area contributed by atoms with Crippen LogP contribution < -0.4 is 20.1 Å². The van der Waals surface area contributed by atoms with E-state index in [-0.39, 0.29) is 11.8 Å². The van der Waals surface area contributed by atoms with Gasteiger partial charge in [0.25, 0.3) is 5.91 Å². The molecule has 110 valence electrons. The minimum absolute atomic E-state index is 0.127. The molecule has 0 aromatic heterocycles. The molecule has 2 N–H and O–H groups in total. The zero-order chi connectivity index (χ0) is 15.1. The van der Waals surface area contributed by atoms with Crippen molar-refractivity contribution in [2.75, 3.05) is 27.3 Å². The van der Waals surface area contributed by atoms with E-state index in [2.05, 4.69) is 10.6 Å². The van der Waals surface area contributed by atoms with Crippen molar-refractivity contribution in [3.05, 3.63) is 23.3 Å². The lowest BCUT2D eigenvalue weighted by molar-refractivity contribution is -0.118. The maximum Gasteiger partial charge on any atom is 0.251 e. The van der Waals surface area contributed by atoms with E-state index in [9.17, 15) is 9.59 Å². The Hall–Kier alpha value is -2.24. The fourth-order valence-corrected chi connectivity index (χ4v) is 1.73. The van der Waals surface area contributed by atoms with Gasteiger partial charge in [0.1, 0.15) is 11.5 Å². The first-order valence-electron chi connectivity index (χ1n) is 6.24. The molecular formula is C14H20N2O4. The Kier molecular flexibility index (Phi) is 5.83. The van der Waals surface area contributed by atoms with E-state index < -0.39 is 0 Å². The van der Waals surface area contributed by atoms with Crippen molar-refractivity contribution in [1.29, 1.82) is 0 Å². The summed E-state index contributed by atoms with van der Waals surface area (Å²) in [6, 6.07) is 3.32. The van der Waals surface area contributed by atoms with Crippen LogP contribution in [0.3, 0.4) is 0 Å². The summed E-state index contributed by atoms with van der Waals surface area (Å²) < 4.78 is 10.4. The van der Waals surface area contributed by atoms with Crippen molar-refractivity contribution in [3.63, 3.8) is 0 Å². The van der Waals surface area contributed by atoms with Gasteiger partial charge in [-0.15, -0.1) is 0 Å². The van der Waals surface area contributed by atoms with Crippen molar-refractivity contribution in [2.24, 2.45) is 0 Å². The standard InChI is InChI=1S/C14H20N2O4/c1-9-12(19-3)7-11(8-13(9)20-4)14(18)16-6-5-15-10(2)17/h7-8H,5-6H2,1-4H3,(H,15,17)(H,16,18). The lowest BCUT2D eigenvalue weighted by atomic mass is 10.1. The second-order valence-corrected chi connectivity index (χ2v) is 4.24. The molecule has 0 saturated carbocycles. The van der Waals surface area contributed by atoms with Gasteiger partial charge in [-0.1, -0.05) is 0 Å². The SMILES string of the molecule is COc1cc(C(=O)NCCNC(C)=O)cc(OC)c1C. The number of hydrogen-bond acceptors (Lipinski definition) is 4. The van der Waals surface area contributed by atoms with Gasteiger partial charge in [-0.05, 0) is 19.1 Å². The molecule has 1 rings (SSSR count). The maximum atomic E-state index is 12.0. The summed E-state index contributed by atoms with van der Waals surface area (Å²) >= 11 is 0. The molecule has 0 unspecified atom stereocenters. The van der Waals surface area contributed by atoms with Gasteiger partial charge >= 0.3 is 0 Å². The van der Waals surface area contributed by atoms with Gasteiger partial charge in [0.05, 0.1) is 14.2 Å². The molecule has 0 heterocycles. The molecule has 0 fully saturated rings. The van der Waals surface area contributed by atoms with Gasteiger partial charge in [0, 0.05) is 31.1 Å². The van der Waals surface area contributed by atoms with Crippen LogP contribution in [0.2, 0.25) is 0 Å². The summed E-state index contributed by atoms with van der Waals surface area (Å²) in [5, 5.41) is 5.32. The third kappa shape index (κ3) is 4.15. The first-order chi connectivity index (χ1) is 9.49. The Bertz CT molecular complexity index is 475. The molecule has 0 radical (unpaired) electrons. The van der Waals surface area contributed by atoms with E-state index in [1.54, 1.807) is 26.4 Å². The highest BCUT2D eigenvalue weighted by molar-refractivity contribution is 5.95. The second-order valence-electron chi connectivity index (χ2n) is 4.24. The normalized spacial score (nSPS) is 9.80. The minimum Gasteiger partial charge on any atom is -0.496 e. The molecule has 0 aliphatic heterocycles. The van der Waals surface area contributed by atoms with E-state index in [4.69, 9.17) is 9.47 Å². The van der Waals surface area contributed by atoms with Crippen molar-refractivity contribution in [2.45, 2.75) is 13.8 Å². The summed E-state index contributed by atoms with van der Waals surface area (Å²) in [6.07, 6.45) is 0. The number of carbonyl (C=O) groups excluding carboxylic acids is 2. The van der Waals surface area contributed by atoms with Crippen molar-refractivity contribution >= 4 is 11.8 Å². The molecule has 0 spiro atoms. The molecule has 6 heteroatoms. The average Bonchev–Trinajstić information content (AvgIpc) is 2.43. The monoisotopic (exact) mass is 280 g/mol. The third-order valence-electron chi connectivity index (χ3n) is 2.80. The Morgan fingerprint density at radius 1 is 1.05 bits per heavy atom. The van der Waals surface area contributed by atoms with E-state index in [0.29, 0.717) is 30.2 Å². The van der Waals surface area contributed by atoms with Crippen LogP contribution in [0, 0.1) is 6.92 Å². The van der Waals surface area contributed by atoms with Crippen molar-refractivity contribution in [3.8, 4) is 11.5 Å². The molecule has 0 aliphatic rings. The van der Waals surface area contributed by atoms with E-state index in [1.807, 2.05) is 6.92 Å². The minimum atomic E-state index is -0.244. The number of rotatable bonds is 6. The number of carbonyl (C=O) groups is 2. The molecule has 0 saturated heterocycles. The molecule has 6 nitrogen and oxygen atoms in total. The molecule has 0 aliphatic carbocycles. The summed E-state index contributed by atoms with van der Waals surface area (Å²) in [7, 11) is 3.08. The summed E-state index contributed by atoms with van der Waals surface area (Å²) in [6.45, 7) is 4.03. The first kappa shape index (κ1) is 15.8. The molecule has 0 atom stereocenters. The van der Waals surface area contributed by atoms with Crippen LogP contribution in [-0.4, -0.2) is 39.1 Å². The number of hydrogen-bond donors (Lipinski definition) is 2. The van der Waals surface area contributed by atoms with Crippen LogP contribution in [0.4, 0.5) is 0 Å². The molecule has 0 bridgehead atoms. The Morgan fingerprint density at radius 3 is 2.00 bits per heavy atom. The topological polar surface area (TPSA) is 76.7 Å². The average molecular weight is 280 g/mol. The van der Waals surface area contributed by atoms with Crippen molar-refractivity contribution in [1.82, 2.24) is 10.6 Å². The van der Waals surface area contributed by atoms with Gasteiger partial charge in [0.15, 0.2) is 0 Å². The fourth-order valence-electron chi connectivity index (χ4n) is 1.73. The van der Waals surface area contributed by atoms with Gasteiger partial charge < -0.3 is 20.1 Å². The van der Waals surface area contributed by atoms with E-state index >= 15 is 0 Å². The van der Waals surface area contributed by atoms with Crippen LogP contribution in [-0.2, 0) is 4.79 Å². The third-order valence-corrected chi connectivity index (χ3v) is 2.80. The quantitative estimate of drug-likeness (QED) is 0.758. The Balaban J connectivity index is 2.75. The summed E-state index contributed by atoms with van der Waals surface area (Å²) in [4.78, 5) is 22.7. The van der Waals surface area contributed by atoms with Crippen molar-refractivity contribution < 1.29 is 19.1 Å². The van der Waals surface area contributed by atoms with Crippen LogP contribution in [0.15, 0.2) is 12.1 Å². The van der Waals surface area contributed by atoms with Gasteiger partial charge in [0.2, 0.25) is 5.91 Å². The number of methoxy groups -OCH3 is 2. The highest BCUT2D eigenvalue weighted by Crippen LogP contribution is 2.29. The molecule has 2 amide bonds. The Labute approximate surface area is 118 Å². The van der Waals surface area contributed by atoms with Gasteiger partial charge in [-0.2, -0.15) is 0 Å². The highest BCUT2D eigenvalue weighted by Gasteiger charge is 2.13. The van der Waals surface area contributed by atoms with Crippen LogP contribution >= 0.6 is 0 Å². The molecule has 20 heavy (non-hydrogen) atoms. The van der Waals surface area contributed by atoms with Crippen LogP contribution in [0.25, 0.3) is 0 Å². The fraction of sp³-hybridized carbons (Fsp3) is 0.429. The first-order valence-corrected chi connectivity index (χ1v) is 6.24. The number of amides is 2. The molecule has 1 aromatic rings. The number of ether oxygens (including phenoxy) is 2. The van der Waals surface area contributed by atoms with Gasteiger partial charge in [-0.25, -0.2) is 0 Å². The van der Waals surface area contributed by atoms with Crippen LogP contribution in [0.5, 0.6) is 11.5 Å². The van der Waals surface area contributed by atoms with Crippen LogP contribution in [0.1, 0.15) is 22.8 Å². The van der Waals surface area contributed by atoms with E-state index in [1.165, 1.54) is 6.92 Å². The highest BCUT2D eigenvalue weighted by atomic mass is 16.5.